The van der Waals surface area contributed by atoms with Crippen LogP contribution < -0.4 is 16.4 Å². The molecule has 0 radical (unpaired) electrons. The first-order chi connectivity index (χ1) is 12.8. The van der Waals surface area contributed by atoms with Crippen LogP contribution in [0.3, 0.4) is 0 Å². The Kier molecular flexibility index (Phi) is 6.60. The summed E-state index contributed by atoms with van der Waals surface area (Å²) in [5.41, 5.74) is 5.68. The Balaban J connectivity index is 2.09. The molecule has 1 saturated carbocycles. The van der Waals surface area contributed by atoms with Crippen LogP contribution in [0, 0.1) is 23.2 Å². The molecule has 1 aromatic heterocycles. The van der Waals surface area contributed by atoms with Crippen LogP contribution >= 0.6 is 0 Å². The van der Waals surface area contributed by atoms with Crippen molar-refractivity contribution in [2.45, 2.75) is 32.9 Å². The third-order valence-electron chi connectivity index (χ3n) is 4.25. The van der Waals surface area contributed by atoms with Crippen molar-refractivity contribution in [3.05, 3.63) is 23.7 Å². The summed E-state index contributed by atoms with van der Waals surface area (Å²) in [6.45, 7) is 4.26. The summed E-state index contributed by atoms with van der Waals surface area (Å²) in [6.07, 6.45) is -0.896. The first kappa shape index (κ1) is 20.5. The standard InChI is InChI=1S/C17H22F3N7/c1-3-23-15-13(17(18,19)20)9-25-16(27-15)26-14(7-22)10(2)24-8-12-4-11(5-12)6-21/h7,9,11-12H,3-5,8,22H2,1-2H3,(H2,23,25,26,27)/b14-7+,24-10-/t11-,12-. The number of nitrogens with two attached hydrogens (primary N) is 1. The van der Waals surface area contributed by atoms with Gasteiger partial charge in [-0.1, -0.05) is 0 Å². The van der Waals surface area contributed by atoms with Gasteiger partial charge in [0, 0.05) is 31.4 Å². The Morgan fingerprint density at radius 3 is 2.74 bits per heavy atom. The SMILES string of the molecule is CCNc1nc(NC(=C/N)/C(C)=N\C[C@H]2C[C@H](C#N)C2)ncc1C(F)(F)F. The Labute approximate surface area is 155 Å². The first-order valence-electron chi connectivity index (χ1n) is 8.56. The van der Waals surface area contributed by atoms with E-state index in [-0.39, 0.29) is 24.2 Å². The third kappa shape index (κ3) is 5.32. The predicted octanol–water partition coefficient (Wildman–Crippen LogP) is 3.15. The molecule has 1 heterocycles. The highest BCUT2D eigenvalue weighted by Gasteiger charge is 2.35. The zero-order valence-corrected chi connectivity index (χ0v) is 15.1. The Bertz CT molecular complexity index is 759. The van der Waals surface area contributed by atoms with E-state index in [1.165, 1.54) is 6.20 Å². The number of hydrogen-bond acceptors (Lipinski definition) is 7. The van der Waals surface area contributed by atoms with Crippen molar-refractivity contribution >= 4 is 17.5 Å². The summed E-state index contributed by atoms with van der Waals surface area (Å²) in [7, 11) is 0. The van der Waals surface area contributed by atoms with Crippen molar-refractivity contribution in [2.75, 3.05) is 23.7 Å². The third-order valence-corrected chi connectivity index (χ3v) is 4.25. The summed E-state index contributed by atoms with van der Waals surface area (Å²) < 4.78 is 39.1. The molecule has 0 amide bonds. The second-order valence-corrected chi connectivity index (χ2v) is 6.28. The molecule has 2 rings (SSSR count). The number of aromatic nitrogens is 2. The van der Waals surface area contributed by atoms with E-state index in [2.05, 4.69) is 31.7 Å². The molecule has 0 aromatic carbocycles. The van der Waals surface area contributed by atoms with E-state index in [0.29, 0.717) is 23.9 Å². The Hall–Kier alpha value is -2.83. The minimum Gasteiger partial charge on any atom is -0.403 e. The lowest BCUT2D eigenvalue weighted by atomic mass is 9.76. The number of alkyl halides is 3. The van der Waals surface area contributed by atoms with Gasteiger partial charge in [-0.25, -0.2) is 4.98 Å². The normalized spacial score (nSPS) is 20.6. The fourth-order valence-corrected chi connectivity index (χ4v) is 2.67. The van der Waals surface area contributed by atoms with Gasteiger partial charge >= 0.3 is 6.18 Å². The molecule has 0 aliphatic heterocycles. The van der Waals surface area contributed by atoms with Crippen LogP contribution in [0.15, 0.2) is 23.1 Å². The van der Waals surface area contributed by atoms with Crippen LogP contribution in [0.25, 0.3) is 0 Å². The molecule has 0 saturated heterocycles. The number of halogens is 3. The monoisotopic (exact) mass is 381 g/mol. The van der Waals surface area contributed by atoms with Crippen LogP contribution in [-0.4, -0.2) is 28.8 Å². The largest absolute Gasteiger partial charge is 0.421 e. The molecule has 27 heavy (non-hydrogen) atoms. The Morgan fingerprint density at radius 1 is 1.48 bits per heavy atom. The van der Waals surface area contributed by atoms with Gasteiger partial charge in [-0.2, -0.15) is 23.4 Å². The van der Waals surface area contributed by atoms with Crippen LogP contribution in [0.1, 0.15) is 32.3 Å². The highest BCUT2D eigenvalue weighted by Crippen LogP contribution is 2.34. The van der Waals surface area contributed by atoms with E-state index in [9.17, 15) is 13.2 Å². The molecule has 146 valence electrons. The molecule has 7 nitrogen and oxygen atoms in total. The number of nitriles is 1. The topological polar surface area (TPSA) is 112 Å². The second-order valence-electron chi connectivity index (χ2n) is 6.28. The number of hydrogen-bond donors (Lipinski definition) is 3. The maximum Gasteiger partial charge on any atom is 0.421 e. The average Bonchev–Trinajstić information content (AvgIpc) is 2.57. The van der Waals surface area contributed by atoms with E-state index in [4.69, 9.17) is 11.0 Å². The van der Waals surface area contributed by atoms with Crippen molar-refractivity contribution in [3.63, 3.8) is 0 Å². The maximum atomic E-state index is 13.0. The van der Waals surface area contributed by atoms with Crippen molar-refractivity contribution in [3.8, 4) is 6.07 Å². The molecule has 0 atom stereocenters. The van der Waals surface area contributed by atoms with Crippen LogP contribution in [0.5, 0.6) is 0 Å². The van der Waals surface area contributed by atoms with Gasteiger partial charge in [0.25, 0.3) is 0 Å². The van der Waals surface area contributed by atoms with Gasteiger partial charge in [-0.3, -0.25) is 4.99 Å². The molecular weight excluding hydrogens is 359 g/mol. The fraction of sp³-hybridized carbons (Fsp3) is 0.529. The van der Waals surface area contributed by atoms with Crippen molar-refractivity contribution < 1.29 is 13.2 Å². The van der Waals surface area contributed by atoms with Gasteiger partial charge < -0.3 is 16.4 Å². The number of allylic oxidation sites excluding steroid dienone is 1. The van der Waals surface area contributed by atoms with Crippen molar-refractivity contribution in [1.29, 1.82) is 5.26 Å². The molecule has 10 heteroatoms. The smallest absolute Gasteiger partial charge is 0.403 e. The highest BCUT2D eigenvalue weighted by atomic mass is 19.4. The van der Waals surface area contributed by atoms with E-state index < -0.39 is 11.7 Å². The van der Waals surface area contributed by atoms with Crippen LogP contribution in [0.2, 0.25) is 0 Å². The number of nitrogens with zero attached hydrogens (tertiary/aromatic N) is 4. The van der Waals surface area contributed by atoms with Gasteiger partial charge in [0.15, 0.2) is 0 Å². The second kappa shape index (κ2) is 8.70. The van der Waals surface area contributed by atoms with Gasteiger partial charge in [0.2, 0.25) is 5.95 Å². The van der Waals surface area contributed by atoms with E-state index >= 15 is 0 Å². The maximum absolute atomic E-state index is 13.0. The summed E-state index contributed by atoms with van der Waals surface area (Å²) in [5, 5.41) is 14.2. The lowest BCUT2D eigenvalue weighted by molar-refractivity contribution is -0.137. The Morgan fingerprint density at radius 2 is 2.19 bits per heavy atom. The molecule has 0 unspecified atom stereocenters. The zero-order valence-electron chi connectivity index (χ0n) is 15.1. The van der Waals surface area contributed by atoms with Gasteiger partial charge in [0.05, 0.1) is 17.5 Å². The molecule has 1 aromatic rings. The van der Waals surface area contributed by atoms with E-state index in [0.717, 1.165) is 19.0 Å². The first-order valence-corrected chi connectivity index (χ1v) is 8.56. The van der Waals surface area contributed by atoms with Crippen molar-refractivity contribution in [2.24, 2.45) is 22.6 Å². The van der Waals surface area contributed by atoms with E-state index in [1.807, 2.05) is 0 Å². The van der Waals surface area contributed by atoms with Crippen LogP contribution in [-0.2, 0) is 6.18 Å². The van der Waals surface area contributed by atoms with Crippen LogP contribution in [0.4, 0.5) is 24.9 Å². The molecular formula is C17H22F3N7. The zero-order chi connectivity index (χ0) is 20.0. The van der Waals surface area contributed by atoms with Gasteiger partial charge in [0.1, 0.15) is 11.4 Å². The number of aliphatic imine (C=N–C) groups is 1. The van der Waals surface area contributed by atoms with Gasteiger partial charge in [-0.15, -0.1) is 0 Å². The number of nitrogens with one attached hydrogen (secondary N) is 2. The predicted molar refractivity (Wildman–Crippen MR) is 96.9 cm³/mol. The van der Waals surface area contributed by atoms with Crippen molar-refractivity contribution in [1.82, 2.24) is 9.97 Å². The average molecular weight is 381 g/mol. The molecule has 1 fully saturated rings. The minimum atomic E-state index is -4.55. The highest BCUT2D eigenvalue weighted by molar-refractivity contribution is 6.00. The number of rotatable bonds is 7. The fourth-order valence-electron chi connectivity index (χ4n) is 2.67. The molecule has 1 aliphatic carbocycles. The summed E-state index contributed by atoms with van der Waals surface area (Å²) in [5.74, 6) is 0.161. The lowest BCUT2D eigenvalue weighted by Gasteiger charge is -2.29. The molecule has 0 spiro atoms. The summed E-state index contributed by atoms with van der Waals surface area (Å²) >= 11 is 0. The molecule has 4 N–H and O–H groups in total. The summed E-state index contributed by atoms with van der Waals surface area (Å²) in [6, 6.07) is 2.22. The summed E-state index contributed by atoms with van der Waals surface area (Å²) in [4.78, 5) is 12.1. The number of anilines is 2. The molecule has 1 aliphatic rings. The van der Waals surface area contributed by atoms with E-state index in [1.54, 1.807) is 13.8 Å². The quantitative estimate of drug-likeness (QED) is 0.626. The minimum absolute atomic E-state index is 0.0154. The molecule has 0 bridgehead atoms. The lowest BCUT2D eigenvalue weighted by Crippen LogP contribution is -2.25. The van der Waals surface area contributed by atoms with Gasteiger partial charge in [-0.05, 0) is 32.6 Å².